The number of thioether (sulfide) groups is 1. The zero-order valence-corrected chi connectivity index (χ0v) is 25.9. The summed E-state index contributed by atoms with van der Waals surface area (Å²) < 4.78 is 12.4. The molecule has 0 aliphatic carbocycles. The van der Waals surface area contributed by atoms with Crippen LogP contribution in [-0.4, -0.2) is 77.8 Å². The normalized spacial score (nSPS) is 16.8. The van der Waals surface area contributed by atoms with Gasteiger partial charge in [-0.2, -0.15) is 9.78 Å². The number of carbonyl (C=O) groups excluding carboxylic acids is 1. The molecule has 1 saturated heterocycles. The Labute approximate surface area is 262 Å². The number of hydrogen-bond acceptors (Lipinski definition) is 10. The van der Waals surface area contributed by atoms with E-state index in [1.807, 2.05) is 60.7 Å². The number of nitrogens with one attached hydrogen (secondary N) is 1. The van der Waals surface area contributed by atoms with E-state index in [1.54, 1.807) is 18.9 Å². The third-order valence-electron chi connectivity index (χ3n) is 7.95. The first-order valence-corrected chi connectivity index (χ1v) is 16.3. The molecule has 3 aromatic carbocycles. The number of methoxy groups -OCH3 is 1. The predicted molar refractivity (Wildman–Crippen MR) is 177 cm³/mol. The third-order valence-corrected chi connectivity index (χ3v) is 8.98. The fourth-order valence-corrected chi connectivity index (χ4v) is 6.47. The van der Waals surface area contributed by atoms with Crippen molar-refractivity contribution in [2.75, 3.05) is 55.7 Å². The van der Waals surface area contributed by atoms with Crippen molar-refractivity contribution in [3.63, 3.8) is 0 Å². The summed E-state index contributed by atoms with van der Waals surface area (Å²) in [4.78, 5) is 15.5. The number of para-hydroxylation sites is 1. The van der Waals surface area contributed by atoms with Gasteiger partial charge in [0.25, 0.3) is 5.91 Å². The summed E-state index contributed by atoms with van der Waals surface area (Å²) in [7, 11) is 1.76. The van der Waals surface area contributed by atoms with E-state index in [4.69, 9.17) is 14.6 Å². The monoisotopic (exact) mass is 613 g/mol. The molecule has 44 heavy (non-hydrogen) atoms. The second-order valence-corrected chi connectivity index (χ2v) is 12.0. The molecule has 0 amide bonds. The van der Waals surface area contributed by atoms with Crippen LogP contribution in [0.2, 0.25) is 0 Å². The van der Waals surface area contributed by atoms with Gasteiger partial charge < -0.3 is 19.7 Å². The molecule has 230 valence electrons. The van der Waals surface area contributed by atoms with Gasteiger partial charge in [0.2, 0.25) is 0 Å². The van der Waals surface area contributed by atoms with Crippen LogP contribution in [0.15, 0.2) is 77.9 Å². The molecular formula is C33H39N7O3S. The number of anilines is 2. The molecule has 10 nitrogen and oxygen atoms in total. The molecule has 11 heteroatoms. The average molecular weight is 614 g/mol. The third kappa shape index (κ3) is 7.23. The summed E-state index contributed by atoms with van der Waals surface area (Å²) in [6.07, 6.45) is 5.82. The van der Waals surface area contributed by atoms with E-state index in [0.717, 1.165) is 73.7 Å². The fourth-order valence-electron chi connectivity index (χ4n) is 5.50. The number of unbranched alkanes of at least 4 members (excludes halogenated alkanes) is 4. The zero-order chi connectivity index (χ0) is 30.1. The molecule has 1 fully saturated rings. The van der Waals surface area contributed by atoms with Crippen LogP contribution in [0.1, 0.15) is 42.5 Å². The summed E-state index contributed by atoms with van der Waals surface area (Å²) in [5, 5.41) is 19.9. The van der Waals surface area contributed by atoms with Crippen LogP contribution in [0.5, 0.6) is 5.75 Å². The number of fused-ring (bicyclic) bond motifs is 1. The van der Waals surface area contributed by atoms with Gasteiger partial charge in [-0.1, -0.05) is 48.4 Å². The predicted octanol–water partition coefficient (Wildman–Crippen LogP) is 5.40. The van der Waals surface area contributed by atoms with Gasteiger partial charge in [0.15, 0.2) is 0 Å². The van der Waals surface area contributed by atoms with Gasteiger partial charge in [-0.05, 0) is 73.5 Å². The summed E-state index contributed by atoms with van der Waals surface area (Å²) in [5.41, 5.74) is 4.13. The lowest BCUT2D eigenvalue weighted by Gasteiger charge is -2.35. The van der Waals surface area contributed by atoms with Gasteiger partial charge in [-0.25, -0.2) is 0 Å². The Hall–Kier alpha value is -3.93. The zero-order valence-electron chi connectivity index (χ0n) is 25.1. The fraction of sp³-hybridized carbons (Fsp3) is 0.394. The average Bonchev–Trinajstić information content (AvgIpc) is 3.75. The number of benzene rings is 3. The standard InChI is InChI=1S/C33H39N7O3S/c1-42-21-7-3-2-4-8-22-43-28-17-15-27(16-18-28)39-24-44-32(36-39)30-23-38(20-19-34-30)26-13-11-25(12-14-26)33(41)40-31-10-6-5-9-29(31)35-37-40/h5-6,9-18,30,34H,2-4,7-8,19-24H2,1H3. The van der Waals surface area contributed by atoms with Crippen molar-refractivity contribution < 1.29 is 14.3 Å². The Bertz CT molecular complexity index is 1560. The van der Waals surface area contributed by atoms with Gasteiger partial charge in [-0.3, -0.25) is 9.80 Å². The molecule has 0 spiro atoms. The molecule has 0 saturated carbocycles. The number of nitrogens with zero attached hydrogens (tertiary/aromatic N) is 6. The maximum absolute atomic E-state index is 13.1. The Balaban J connectivity index is 1.00. The minimum atomic E-state index is -0.191. The van der Waals surface area contributed by atoms with E-state index >= 15 is 0 Å². The first-order chi connectivity index (χ1) is 21.7. The number of ether oxygens (including phenoxy) is 2. The molecule has 0 radical (unpaired) electrons. The Morgan fingerprint density at radius 2 is 1.68 bits per heavy atom. The van der Waals surface area contributed by atoms with E-state index in [2.05, 4.69) is 37.7 Å². The van der Waals surface area contributed by atoms with Gasteiger partial charge in [0.05, 0.1) is 29.7 Å². The van der Waals surface area contributed by atoms with Crippen LogP contribution in [-0.2, 0) is 4.74 Å². The molecule has 1 N–H and O–H groups in total. The summed E-state index contributed by atoms with van der Waals surface area (Å²) in [6.45, 7) is 4.14. The summed E-state index contributed by atoms with van der Waals surface area (Å²) in [6, 6.07) is 23.6. The van der Waals surface area contributed by atoms with Gasteiger partial charge in [0.1, 0.15) is 16.3 Å². The maximum Gasteiger partial charge on any atom is 0.280 e. The van der Waals surface area contributed by atoms with Crippen molar-refractivity contribution in [2.24, 2.45) is 5.10 Å². The molecule has 4 aromatic rings. The number of carbonyl (C=O) groups is 1. The van der Waals surface area contributed by atoms with Crippen LogP contribution in [0.3, 0.4) is 0 Å². The first-order valence-electron chi connectivity index (χ1n) is 15.3. The van der Waals surface area contributed by atoms with Crippen LogP contribution >= 0.6 is 11.8 Å². The molecule has 2 aliphatic heterocycles. The highest BCUT2D eigenvalue weighted by molar-refractivity contribution is 8.14. The molecule has 3 heterocycles. The molecule has 2 aliphatic rings. The molecular weight excluding hydrogens is 574 g/mol. The van der Waals surface area contributed by atoms with Gasteiger partial charge >= 0.3 is 0 Å². The van der Waals surface area contributed by atoms with E-state index in [-0.39, 0.29) is 11.9 Å². The lowest BCUT2D eigenvalue weighted by atomic mass is 10.1. The highest BCUT2D eigenvalue weighted by atomic mass is 32.2. The lowest BCUT2D eigenvalue weighted by Crippen LogP contribution is -2.53. The van der Waals surface area contributed by atoms with E-state index in [9.17, 15) is 4.79 Å². The first kappa shape index (κ1) is 30.1. The van der Waals surface area contributed by atoms with Crippen LogP contribution in [0.4, 0.5) is 11.4 Å². The molecule has 0 bridgehead atoms. The summed E-state index contributed by atoms with van der Waals surface area (Å²) in [5.74, 6) is 1.49. The topological polar surface area (TPSA) is 97.1 Å². The van der Waals surface area contributed by atoms with Crippen molar-refractivity contribution in [3.8, 4) is 5.75 Å². The highest BCUT2D eigenvalue weighted by Crippen LogP contribution is 2.29. The van der Waals surface area contributed by atoms with Crippen LogP contribution < -0.4 is 20.0 Å². The number of aromatic nitrogens is 3. The van der Waals surface area contributed by atoms with Gasteiger partial charge in [-0.15, -0.1) is 5.10 Å². The molecule has 1 unspecified atom stereocenters. The number of piperazine rings is 1. The van der Waals surface area contributed by atoms with Crippen molar-refractivity contribution in [3.05, 3.63) is 78.4 Å². The Morgan fingerprint density at radius 3 is 2.50 bits per heavy atom. The largest absolute Gasteiger partial charge is 0.494 e. The Morgan fingerprint density at radius 1 is 0.932 bits per heavy atom. The minimum Gasteiger partial charge on any atom is -0.494 e. The number of rotatable bonds is 13. The maximum atomic E-state index is 13.1. The minimum absolute atomic E-state index is 0.138. The van der Waals surface area contributed by atoms with Crippen molar-refractivity contribution >= 4 is 45.1 Å². The van der Waals surface area contributed by atoms with Crippen molar-refractivity contribution in [2.45, 2.75) is 38.1 Å². The smallest absolute Gasteiger partial charge is 0.280 e. The van der Waals surface area contributed by atoms with Crippen molar-refractivity contribution in [1.82, 2.24) is 20.3 Å². The Kier molecular flexibility index (Phi) is 10.1. The van der Waals surface area contributed by atoms with Crippen LogP contribution in [0, 0.1) is 0 Å². The molecule has 1 aromatic heterocycles. The second kappa shape index (κ2) is 14.7. The van der Waals surface area contributed by atoms with Crippen molar-refractivity contribution in [1.29, 1.82) is 0 Å². The van der Waals surface area contributed by atoms with Crippen LogP contribution in [0.25, 0.3) is 11.0 Å². The molecule has 1 atom stereocenters. The quantitative estimate of drug-likeness (QED) is 0.199. The second-order valence-electron chi connectivity index (χ2n) is 11.0. The van der Waals surface area contributed by atoms with E-state index in [1.165, 1.54) is 23.9 Å². The summed E-state index contributed by atoms with van der Waals surface area (Å²) >= 11 is 1.77. The molecule has 6 rings (SSSR count). The number of hydrogen-bond donors (Lipinski definition) is 1. The SMILES string of the molecule is COCCCCCCCOc1ccc(N2CSC(C3CN(c4ccc(C(=O)n5nnc6ccccc65)cc4)CCN3)=N2)cc1. The van der Waals surface area contributed by atoms with E-state index < -0.39 is 0 Å². The number of hydrazone groups is 1. The van der Waals surface area contributed by atoms with Gasteiger partial charge in [0, 0.05) is 44.6 Å². The highest BCUT2D eigenvalue weighted by Gasteiger charge is 2.29. The van der Waals surface area contributed by atoms with E-state index in [0.29, 0.717) is 16.6 Å². The lowest BCUT2D eigenvalue weighted by molar-refractivity contribution is 0.0948.